The van der Waals surface area contributed by atoms with Crippen molar-refractivity contribution in [2.24, 2.45) is 0 Å². The van der Waals surface area contributed by atoms with Crippen molar-refractivity contribution in [3.63, 3.8) is 0 Å². The summed E-state index contributed by atoms with van der Waals surface area (Å²) in [6.45, 7) is 1.99. The van der Waals surface area contributed by atoms with Gasteiger partial charge in [0.25, 0.3) is 5.56 Å². The van der Waals surface area contributed by atoms with Crippen LogP contribution in [-0.2, 0) is 11.2 Å². The highest BCUT2D eigenvalue weighted by Crippen LogP contribution is 2.16. The first-order chi connectivity index (χ1) is 8.56. The second kappa shape index (κ2) is 4.87. The molecule has 0 spiro atoms. The molecule has 0 radical (unpaired) electrons. The van der Waals surface area contributed by atoms with Gasteiger partial charge in [0.2, 0.25) is 0 Å². The van der Waals surface area contributed by atoms with Crippen LogP contribution in [0.3, 0.4) is 0 Å². The largest absolute Gasteiger partial charge is 0.481 e. The maximum atomic E-state index is 11.7. The number of aromatic nitrogens is 1. The third-order valence-corrected chi connectivity index (χ3v) is 2.70. The standard InChI is InChI=1S/C14H13NO3/c1-9-2-4-10(5-3-9)12-7-6-11(8-13(16)17)14(18)15-12/h2-7H,8H2,1H3,(H,15,18)(H,16,17). The minimum atomic E-state index is -1.01. The Hall–Kier alpha value is -2.36. The van der Waals surface area contributed by atoms with Crippen LogP contribution in [0.4, 0.5) is 0 Å². The van der Waals surface area contributed by atoms with Gasteiger partial charge in [0, 0.05) is 11.3 Å². The quantitative estimate of drug-likeness (QED) is 0.865. The summed E-state index contributed by atoms with van der Waals surface area (Å²) >= 11 is 0. The number of rotatable bonds is 3. The SMILES string of the molecule is Cc1ccc(-c2ccc(CC(=O)O)c(=O)[nH]2)cc1. The number of hydrogen-bond acceptors (Lipinski definition) is 2. The van der Waals surface area contributed by atoms with Crippen molar-refractivity contribution in [2.45, 2.75) is 13.3 Å². The number of hydrogen-bond donors (Lipinski definition) is 2. The summed E-state index contributed by atoms with van der Waals surface area (Å²) in [7, 11) is 0. The molecule has 0 aliphatic rings. The number of carboxylic acids is 1. The van der Waals surface area contributed by atoms with Crippen molar-refractivity contribution in [2.75, 3.05) is 0 Å². The molecule has 2 N–H and O–H groups in total. The van der Waals surface area contributed by atoms with Crippen molar-refractivity contribution in [3.8, 4) is 11.3 Å². The number of aryl methyl sites for hydroxylation is 1. The Kier molecular flexibility index (Phi) is 3.28. The van der Waals surface area contributed by atoms with Crippen molar-refractivity contribution in [1.82, 2.24) is 4.98 Å². The Labute approximate surface area is 104 Å². The van der Waals surface area contributed by atoms with Gasteiger partial charge in [0.15, 0.2) is 0 Å². The molecule has 4 nitrogen and oxygen atoms in total. The smallest absolute Gasteiger partial charge is 0.308 e. The summed E-state index contributed by atoms with van der Waals surface area (Å²) < 4.78 is 0. The van der Waals surface area contributed by atoms with Crippen LogP contribution in [0.5, 0.6) is 0 Å². The topological polar surface area (TPSA) is 70.2 Å². The lowest BCUT2D eigenvalue weighted by Crippen LogP contribution is -2.16. The van der Waals surface area contributed by atoms with Crippen molar-refractivity contribution in [1.29, 1.82) is 0 Å². The molecule has 0 saturated heterocycles. The first kappa shape index (κ1) is 12.1. The molecular formula is C14H13NO3. The van der Waals surface area contributed by atoms with Crippen LogP contribution >= 0.6 is 0 Å². The van der Waals surface area contributed by atoms with Crippen LogP contribution < -0.4 is 5.56 Å². The molecule has 18 heavy (non-hydrogen) atoms. The van der Waals surface area contributed by atoms with Crippen molar-refractivity contribution in [3.05, 3.63) is 57.9 Å². The van der Waals surface area contributed by atoms with Crippen LogP contribution in [0.2, 0.25) is 0 Å². The monoisotopic (exact) mass is 243 g/mol. The number of H-pyrrole nitrogens is 1. The van der Waals surface area contributed by atoms with E-state index in [4.69, 9.17) is 5.11 Å². The van der Waals surface area contributed by atoms with Crippen molar-refractivity contribution >= 4 is 5.97 Å². The number of carboxylic acid groups (broad SMARTS) is 1. The molecule has 0 amide bonds. The molecule has 1 aromatic carbocycles. The minimum absolute atomic E-state index is 0.260. The number of benzene rings is 1. The second-order valence-electron chi connectivity index (χ2n) is 4.16. The molecule has 0 aliphatic carbocycles. The maximum Gasteiger partial charge on any atom is 0.308 e. The molecule has 92 valence electrons. The highest BCUT2D eigenvalue weighted by molar-refractivity contribution is 5.70. The van der Waals surface area contributed by atoms with E-state index in [1.54, 1.807) is 12.1 Å². The second-order valence-corrected chi connectivity index (χ2v) is 4.16. The first-order valence-corrected chi connectivity index (χ1v) is 5.57. The van der Waals surface area contributed by atoms with Crippen LogP contribution in [0.25, 0.3) is 11.3 Å². The molecule has 0 atom stereocenters. The molecule has 1 heterocycles. The number of aliphatic carboxylic acids is 1. The van der Waals surface area contributed by atoms with Gasteiger partial charge < -0.3 is 10.1 Å². The van der Waals surface area contributed by atoms with E-state index >= 15 is 0 Å². The number of pyridine rings is 1. The lowest BCUT2D eigenvalue weighted by atomic mass is 10.1. The molecular weight excluding hydrogens is 230 g/mol. The van der Waals surface area contributed by atoms with Gasteiger partial charge in [0.1, 0.15) is 0 Å². The molecule has 0 saturated carbocycles. The van der Waals surface area contributed by atoms with Crippen LogP contribution in [0.1, 0.15) is 11.1 Å². The Morgan fingerprint density at radius 1 is 1.17 bits per heavy atom. The molecule has 0 bridgehead atoms. The Morgan fingerprint density at radius 3 is 2.39 bits per heavy atom. The van der Waals surface area contributed by atoms with Crippen LogP contribution in [0, 0.1) is 6.92 Å². The highest BCUT2D eigenvalue weighted by Gasteiger charge is 2.06. The lowest BCUT2D eigenvalue weighted by molar-refractivity contribution is -0.136. The zero-order valence-electron chi connectivity index (χ0n) is 9.93. The Balaban J connectivity index is 2.37. The summed E-state index contributed by atoms with van der Waals surface area (Å²) in [6.07, 6.45) is -0.260. The zero-order chi connectivity index (χ0) is 13.1. The maximum absolute atomic E-state index is 11.7. The predicted molar refractivity (Wildman–Crippen MR) is 68.6 cm³/mol. The van der Waals surface area contributed by atoms with Gasteiger partial charge in [-0.25, -0.2) is 0 Å². The van der Waals surface area contributed by atoms with E-state index in [2.05, 4.69) is 4.98 Å². The fourth-order valence-corrected chi connectivity index (χ4v) is 1.71. The third-order valence-electron chi connectivity index (χ3n) is 2.70. The molecule has 2 aromatic rings. The average molecular weight is 243 g/mol. The molecule has 1 aromatic heterocycles. The highest BCUT2D eigenvalue weighted by atomic mass is 16.4. The van der Waals surface area contributed by atoms with Crippen LogP contribution in [-0.4, -0.2) is 16.1 Å². The van der Waals surface area contributed by atoms with Crippen molar-refractivity contribution < 1.29 is 9.90 Å². The van der Waals surface area contributed by atoms with Gasteiger partial charge in [-0.15, -0.1) is 0 Å². The van der Waals surface area contributed by atoms with Gasteiger partial charge >= 0.3 is 5.97 Å². The number of nitrogens with one attached hydrogen (secondary N) is 1. The fraction of sp³-hybridized carbons (Fsp3) is 0.143. The van der Waals surface area contributed by atoms with Gasteiger partial charge in [-0.2, -0.15) is 0 Å². The number of carbonyl (C=O) groups is 1. The first-order valence-electron chi connectivity index (χ1n) is 5.57. The van der Waals surface area contributed by atoms with Gasteiger partial charge in [-0.1, -0.05) is 35.9 Å². The van der Waals surface area contributed by atoms with Gasteiger partial charge in [-0.3, -0.25) is 9.59 Å². The van der Waals surface area contributed by atoms with Crippen LogP contribution in [0.15, 0.2) is 41.2 Å². The molecule has 0 unspecified atom stereocenters. The minimum Gasteiger partial charge on any atom is -0.481 e. The lowest BCUT2D eigenvalue weighted by Gasteiger charge is -2.03. The van der Waals surface area contributed by atoms with E-state index in [9.17, 15) is 9.59 Å². The van der Waals surface area contributed by atoms with E-state index in [0.29, 0.717) is 5.69 Å². The molecule has 0 fully saturated rings. The summed E-state index contributed by atoms with van der Waals surface area (Å²) in [6, 6.07) is 11.0. The van der Waals surface area contributed by atoms with E-state index < -0.39 is 5.97 Å². The normalized spacial score (nSPS) is 10.3. The average Bonchev–Trinajstić information content (AvgIpc) is 2.32. The van der Waals surface area contributed by atoms with Gasteiger partial charge in [0.05, 0.1) is 6.42 Å². The fourth-order valence-electron chi connectivity index (χ4n) is 1.71. The third kappa shape index (κ3) is 2.66. The summed E-state index contributed by atoms with van der Waals surface area (Å²) in [5, 5.41) is 8.66. The van der Waals surface area contributed by atoms with E-state index in [1.807, 2.05) is 31.2 Å². The Morgan fingerprint density at radius 2 is 1.83 bits per heavy atom. The molecule has 0 aliphatic heterocycles. The summed E-state index contributed by atoms with van der Waals surface area (Å²) in [5.41, 5.74) is 2.64. The Bertz CT molecular complexity index is 626. The van der Waals surface area contributed by atoms with E-state index in [-0.39, 0.29) is 17.5 Å². The number of aromatic amines is 1. The van der Waals surface area contributed by atoms with Gasteiger partial charge in [-0.05, 0) is 18.6 Å². The summed E-state index contributed by atoms with van der Waals surface area (Å²) in [4.78, 5) is 25.0. The molecule has 4 heteroatoms. The molecule has 2 rings (SSSR count). The van der Waals surface area contributed by atoms with E-state index in [0.717, 1.165) is 11.1 Å². The predicted octanol–water partition coefficient (Wildman–Crippen LogP) is 1.98. The summed E-state index contributed by atoms with van der Waals surface area (Å²) in [5.74, 6) is -1.01. The zero-order valence-corrected chi connectivity index (χ0v) is 9.93. The van der Waals surface area contributed by atoms with E-state index in [1.165, 1.54) is 0 Å².